The highest BCUT2D eigenvalue weighted by Crippen LogP contribution is 2.56. The number of fused-ring (bicyclic) bond motifs is 1. The molecule has 0 radical (unpaired) electrons. The van der Waals surface area contributed by atoms with Gasteiger partial charge < -0.3 is 19.6 Å². The lowest BCUT2D eigenvalue weighted by molar-refractivity contribution is -0.144. The van der Waals surface area contributed by atoms with Crippen molar-refractivity contribution in [2.45, 2.75) is 57.3 Å². The summed E-state index contributed by atoms with van der Waals surface area (Å²) in [6, 6.07) is -0.318. The monoisotopic (exact) mass is 440 g/mol. The normalized spacial score (nSPS) is 32.0. The number of aliphatic hydroxyl groups is 1. The number of alkyl halides is 3. The highest BCUT2D eigenvalue weighted by molar-refractivity contribution is 5.70. The quantitative estimate of drug-likeness (QED) is 0.681. The molecule has 1 unspecified atom stereocenters. The van der Waals surface area contributed by atoms with Crippen LogP contribution in [0.2, 0.25) is 0 Å². The van der Waals surface area contributed by atoms with Crippen LogP contribution in [0.3, 0.4) is 0 Å². The van der Waals surface area contributed by atoms with Crippen molar-refractivity contribution in [3.8, 4) is 0 Å². The number of esters is 1. The van der Waals surface area contributed by atoms with Crippen LogP contribution in [0.15, 0.2) is 0 Å². The molecule has 170 valence electrons. The summed E-state index contributed by atoms with van der Waals surface area (Å²) in [5, 5.41) is 9.82. The summed E-state index contributed by atoms with van der Waals surface area (Å²) >= 11 is 0. The summed E-state index contributed by atoms with van der Waals surface area (Å²) in [6.45, 7) is 5.31. The molecular formula is C21H27F3N4O3. The van der Waals surface area contributed by atoms with Gasteiger partial charge in [0.25, 0.3) is 0 Å². The second kappa shape index (κ2) is 7.21. The van der Waals surface area contributed by atoms with Gasteiger partial charge in [0.1, 0.15) is 5.82 Å². The molecule has 10 heteroatoms. The minimum Gasteiger partial charge on any atom is -0.466 e. The molecule has 4 fully saturated rings. The van der Waals surface area contributed by atoms with Crippen molar-refractivity contribution in [2.75, 3.05) is 36.0 Å². The van der Waals surface area contributed by atoms with Gasteiger partial charge in [-0.2, -0.15) is 18.2 Å². The molecule has 4 aliphatic rings. The van der Waals surface area contributed by atoms with Crippen molar-refractivity contribution in [2.24, 2.45) is 17.8 Å². The molecule has 0 spiro atoms. The smallest absolute Gasteiger partial charge is 0.433 e. The highest BCUT2D eigenvalue weighted by Gasteiger charge is 2.57. The minimum atomic E-state index is -4.56. The molecule has 2 aliphatic carbocycles. The number of hydrogen-bond donors (Lipinski definition) is 1. The molecule has 5 rings (SSSR count). The molecular weight excluding hydrogens is 413 g/mol. The lowest BCUT2D eigenvalue weighted by Crippen LogP contribution is -2.59. The number of β-amino-alcohol motifs (C(OH)–C–C–N with tert-alkyl or cyclic N) is 1. The molecule has 2 aliphatic heterocycles. The first-order valence-electron chi connectivity index (χ1n) is 11.0. The number of hydrogen-bond acceptors (Lipinski definition) is 7. The average Bonchev–Trinajstić information content (AvgIpc) is 3.61. The van der Waals surface area contributed by atoms with Crippen molar-refractivity contribution in [3.63, 3.8) is 0 Å². The SMILES string of the molecule is CCOC(=O)CC1[C@H]2CN(c3nc(N4C[C@@H](O)[C@@H]4C)nc(C(F)(F)F)c3C3CC3)C[C@@H]12. The van der Waals surface area contributed by atoms with Gasteiger partial charge in [0.05, 0.1) is 18.8 Å². The number of piperidine rings is 1. The second-order valence-electron chi connectivity index (χ2n) is 9.25. The largest absolute Gasteiger partial charge is 0.466 e. The van der Waals surface area contributed by atoms with E-state index in [4.69, 9.17) is 4.74 Å². The van der Waals surface area contributed by atoms with Crippen molar-refractivity contribution >= 4 is 17.7 Å². The van der Waals surface area contributed by atoms with Crippen molar-refractivity contribution < 1.29 is 27.8 Å². The molecule has 5 atom stereocenters. The topological polar surface area (TPSA) is 78.8 Å². The summed E-state index contributed by atoms with van der Waals surface area (Å²) in [5.74, 6) is 0.869. The molecule has 2 saturated carbocycles. The van der Waals surface area contributed by atoms with Gasteiger partial charge in [0.2, 0.25) is 5.95 Å². The number of carbonyl (C=O) groups excluding carboxylic acids is 1. The fourth-order valence-corrected chi connectivity index (χ4v) is 5.17. The van der Waals surface area contributed by atoms with Gasteiger partial charge in [-0.3, -0.25) is 4.79 Å². The Bertz CT molecular complexity index is 879. The zero-order valence-electron chi connectivity index (χ0n) is 17.6. The summed E-state index contributed by atoms with van der Waals surface area (Å²) < 4.78 is 47.0. The predicted molar refractivity (Wildman–Crippen MR) is 106 cm³/mol. The van der Waals surface area contributed by atoms with Crippen LogP contribution in [0.5, 0.6) is 0 Å². The highest BCUT2D eigenvalue weighted by atomic mass is 19.4. The minimum absolute atomic E-state index is 0.0353. The van der Waals surface area contributed by atoms with Crippen LogP contribution in [0.25, 0.3) is 0 Å². The van der Waals surface area contributed by atoms with Crippen LogP contribution in [0.1, 0.15) is 50.3 Å². The van der Waals surface area contributed by atoms with E-state index < -0.39 is 18.0 Å². The third kappa shape index (κ3) is 3.62. The lowest BCUT2D eigenvalue weighted by atomic mass is 10.0. The Morgan fingerprint density at radius 3 is 2.39 bits per heavy atom. The zero-order chi connectivity index (χ0) is 22.1. The zero-order valence-corrected chi connectivity index (χ0v) is 17.6. The average molecular weight is 440 g/mol. The van der Waals surface area contributed by atoms with Crippen molar-refractivity contribution in [1.82, 2.24) is 9.97 Å². The number of aromatic nitrogens is 2. The Labute approximate surface area is 178 Å². The first kappa shape index (κ1) is 20.8. The molecule has 31 heavy (non-hydrogen) atoms. The maximum Gasteiger partial charge on any atom is 0.433 e. The molecule has 3 heterocycles. The number of halogens is 3. The predicted octanol–water partition coefficient (Wildman–Crippen LogP) is 2.58. The Hall–Kier alpha value is -2.10. The Kier molecular flexibility index (Phi) is 4.84. The van der Waals surface area contributed by atoms with Crippen LogP contribution in [-0.4, -0.2) is 59.4 Å². The number of nitrogens with zero attached hydrogens (tertiary/aromatic N) is 4. The van der Waals surface area contributed by atoms with E-state index in [2.05, 4.69) is 9.97 Å². The van der Waals surface area contributed by atoms with Crippen LogP contribution in [-0.2, 0) is 15.7 Å². The molecule has 2 saturated heterocycles. The fourth-order valence-electron chi connectivity index (χ4n) is 5.17. The molecule has 0 aromatic carbocycles. The molecule has 1 N–H and O–H groups in total. The maximum atomic E-state index is 14.0. The second-order valence-corrected chi connectivity index (χ2v) is 9.25. The maximum absolute atomic E-state index is 14.0. The Morgan fingerprint density at radius 2 is 1.87 bits per heavy atom. The third-order valence-electron chi connectivity index (χ3n) is 7.24. The first-order chi connectivity index (χ1) is 14.7. The third-order valence-corrected chi connectivity index (χ3v) is 7.24. The van der Waals surface area contributed by atoms with Crippen molar-refractivity contribution in [3.05, 3.63) is 11.3 Å². The van der Waals surface area contributed by atoms with Gasteiger partial charge >= 0.3 is 12.1 Å². The number of aliphatic hydroxyl groups excluding tert-OH is 1. The molecule has 1 aromatic rings. The number of ether oxygens (including phenoxy) is 1. The van der Waals surface area contributed by atoms with Crippen LogP contribution >= 0.6 is 0 Å². The van der Waals surface area contributed by atoms with Gasteiger partial charge in [0, 0.05) is 31.6 Å². The van der Waals surface area contributed by atoms with E-state index in [-0.39, 0.29) is 53.7 Å². The molecule has 1 aromatic heterocycles. The van der Waals surface area contributed by atoms with E-state index in [1.165, 1.54) is 0 Å². The van der Waals surface area contributed by atoms with Crippen LogP contribution in [0, 0.1) is 17.8 Å². The number of rotatable bonds is 6. The number of anilines is 2. The van der Waals surface area contributed by atoms with Gasteiger partial charge in [-0.1, -0.05) is 0 Å². The van der Waals surface area contributed by atoms with Crippen LogP contribution in [0.4, 0.5) is 24.9 Å². The Morgan fingerprint density at radius 1 is 1.19 bits per heavy atom. The summed E-state index contributed by atoms with van der Waals surface area (Å²) in [4.78, 5) is 23.9. The standard InChI is InChI=1S/C21H27F3N4O3/c1-3-31-16(30)6-12-13-7-27(8-14(12)13)19-17(11-4-5-11)18(21(22,23)24)25-20(26-19)28-9-15(29)10(28)2/h10-15,29H,3-9H2,1-2H3/t10-,12?,13-,14+,15+/m0/s1. The van der Waals surface area contributed by atoms with E-state index in [1.54, 1.807) is 18.7 Å². The fraction of sp³-hybridized carbons (Fsp3) is 0.762. The van der Waals surface area contributed by atoms with Gasteiger partial charge in [-0.25, -0.2) is 4.98 Å². The van der Waals surface area contributed by atoms with E-state index in [1.807, 2.05) is 4.90 Å². The van der Waals surface area contributed by atoms with E-state index in [9.17, 15) is 23.1 Å². The van der Waals surface area contributed by atoms with Gasteiger partial charge in [0.15, 0.2) is 5.69 Å². The van der Waals surface area contributed by atoms with E-state index in [0.717, 1.165) is 0 Å². The lowest BCUT2D eigenvalue weighted by Gasteiger charge is -2.43. The van der Waals surface area contributed by atoms with E-state index in [0.29, 0.717) is 44.8 Å². The molecule has 0 amide bonds. The summed E-state index contributed by atoms with van der Waals surface area (Å²) in [5.41, 5.74) is -0.625. The summed E-state index contributed by atoms with van der Waals surface area (Å²) in [6.07, 6.45) is -3.36. The van der Waals surface area contributed by atoms with E-state index >= 15 is 0 Å². The van der Waals surface area contributed by atoms with Gasteiger partial charge in [-0.15, -0.1) is 0 Å². The Balaban J connectivity index is 1.43. The van der Waals surface area contributed by atoms with Crippen LogP contribution < -0.4 is 9.80 Å². The number of carbonyl (C=O) groups is 1. The molecule has 7 nitrogen and oxygen atoms in total. The summed E-state index contributed by atoms with van der Waals surface area (Å²) in [7, 11) is 0. The molecule has 0 bridgehead atoms. The van der Waals surface area contributed by atoms with Gasteiger partial charge in [-0.05, 0) is 50.4 Å². The van der Waals surface area contributed by atoms with Crippen molar-refractivity contribution in [1.29, 1.82) is 0 Å². The first-order valence-corrected chi connectivity index (χ1v) is 11.0.